The van der Waals surface area contributed by atoms with Crippen LogP contribution >= 0.6 is 11.6 Å². The number of Topliss-reactive ketones (excluding diaryl/α,β-unsaturated/α-hetero) is 2. The number of rotatable bonds is 6. The summed E-state index contributed by atoms with van der Waals surface area (Å²) >= 11 is 6.10. The van der Waals surface area contributed by atoms with Crippen LogP contribution in [0, 0.1) is 13.8 Å². The van der Waals surface area contributed by atoms with E-state index in [-0.39, 0.29) is 16.6 Å². The second kappa shape index (κ2) is 7.82. The molecule has 0 aliphatic rings. The first-order valence-corrected chi connectivity index (χ1v) is 8.88. The number of carbonyl (C=O) groups is 3. The van der Waals surface area contributed by atoms with Gasteiger partial charge in [-0.15, -0.1) is 0 Å². The summed E-state index contributed by atoms with van der Waals surface area (Å²) in [7, 11) is 0. The number of nitrogens with zero attached hydrogens (tertiary/aromatic N) is 2. The SMILES string of the molecule is CC(=O)c1c(C)[nH]c(C(=O)COC(=O)/C=C/c2c(Cl)nc3ccccn23)c1C. The van der Waals surface area contributed by atoms with Crippen molar-refractivity contribution >= 4 is 40.9 Å². The van der Waals surface area contributed by atoms with Crippen LogP contribution in [-0.4, -0.2) is 38.5 Å². The molecule has 0 aromatic carbocycles. The predicted octanol–water partition coefficient (Wildman–Crippen LogP) is 3.57. The lowest BCUT2D eigenvalue weighted by Crippen LogP contribution is -2.14. The van der Waals surface area contributed by atoms with E-state index >= 15 is 0 Å². The fraction of sp³-hybridized carbons (Fsp3) is 0.200. The zero-order valence-corrected chi connectivity index (χ0v) is 16.3. The van der Waals surface area contributed by atoms with Crippen molar-refractivity contribution in [2.45, 2.75) is 20.8 Å². The summed E-state index contributed by atoms with van der Waals surface area (Å²) in [4.78, 5) is 43.1. The number of ketones is 2. The average molecular weight is 400 g/mol. The minimum atomic E-state index is -0.692. The number of pyridine rings is 1. The molecule has 1 N–H and O–H groups in total. The number of hydrogen-bond donors (Lipinski definition) is 1. The standard InChI is InChI=1S/C20H18ClN3O4/c1-11-18(13(3)25)12(2)22-19(11)15(26)10-28-17(27)8-7-14-20(21)23-16-6-4-5-9-24(14)16/h4-9,22H,10H2,1-3H3/b8-7+. The highest BCUT2D eigenvalue weighted by atomic mass is 35.5. The van der Waals surface area contributed by atoms with Crippen LogP contribution in [0.4, 0.5) is 0 Å². The molecule has 0 saturated carbocycles. The highest BCUT2D eigenvalue weighted by Gasteiger charge is 2.20. The van der Waals surface area contributed by atoms with Gasteiger partial charge in [0.25, 0.3) is 0 Å². The van der Waals surface area contributed by atoms with Gasteiger partial charge in [-0.3, -0.25) is 14.0 Å². The zero-order chi connectivity index (χ0) is 20.4. The molecule has 8 heteroatoms. The molecule has 3 rings (SSSR count). The molecule has 0 fully saturated rings. The summed E-state index contributed by atoms with van der Waals surface area (Å²) in [5.41, 5.74) is 3.10. The minimum absolute atomic E-state index is 0.129. The maximum absolute atomic E-state index is 12.3. The highest BCUT2D eigenvalue weighted by Crippen LogP contribution is 2.20. The Bertz CT molecular complexity index is 1120. The number of carbonyl (C=O) groups excluding carboxylic acids is 3. The van der Waals surface area contributed by atoms with Crippen LogP contribution in [0.3, 0.4) is 0 Å². The molecule has 144 valence electrons. The number of ether oxygens (including phenoxy) is 1. The predicted molar refractivity (Wildman–Crippen MR) is 105 cm³/mol. The van der Waals surface area contributed by atoms with Gasteiger partial charge in [-0.2, -0.15) is 0 Å². The lowest BCUT2D eigenvalue weighted by Gasteiger charge is -2.02. The van der Waals surface area contributed by atoms with E-state index in [1.807, 2.05) is 12.1 Å². The fourth-order valence-corrected chi connectivity index (χ4v) is 3.34. The number of halogens is 1. The van der Waals surface area contributed by atoms with Crippen molar-refractivity contribution in [1.29, 1.82) is 0 Å². The summed E-state index contributed by atoms with van der Waals surface area (Å²) in [5.74, 6) is -1.24. The van der Waals surface area contributed by atoms with Crippen molar-refractivity contribution < 1.29 is 19.1 Å². The van der Waals surface area contributed by atoms with E-state index in [0.717, 1.165) is 0 Å². The molecule has 3 aromatic rings. The van der Waals surface area contributed by atoms with Crippen LogP contribution in [0.2, 0.25) is 5.15 Å². The normalized spacial score (nSPS) is 11.3. The minimum Gasteiger partial charge on any atom is -0.454 e. The van der Waals surface area contributed by atoms with Gasteiger partial charge in [-0.1, -0.05) is 17.7 Å². The average Bonchev–Trinajstić information content (AvgIpc) is 3.13. The highest BCUT2D eigenvalue weighted by molar-refractivity contribution is 6.31. The lowest BCUT2D eigenvalue weighted by molar-refractivity contribution is -0.136. The van der Waals surface area contributed by atoms with Crippen molar-refractivity contribution in [2.75, 3.05) is 6.61 Å². The van der Waals surface area contributed by atoms with E-state index < -0.39 is 18.4 Å². The van der Waals surface area contributed by atoms with Crippen LogP contribution in [0.5, 0.6) is 0 Å². The van der Waals surface area contributed by atoms with E-state index in [4.69, 9.17) is 16.3 Å². The molecule has 0 aliphatic carbocycles. The second-order valence-corrected chi connectivity index (χ2v) is 6.62. The summed E-state index contributed by atoms with van der Waals surface area (Å²) in [6.07, 6.45) is 4.43. The summed E-state index contributed by atoms with van der Waals surface area (Å²) in [6, 6.07) is 5.43. The number of esters is 1. The number of fused-ring (bicyclic) bond motifs is 1. The molecule has 0 aliphatic heterocycles. The van der Waals surface area contributed by atoms with Gasteiger partial charge >= 0.3 is 5.97 Å². The molecule has 0 amide bonds. The maximum Gasteiger partial charge on any atom is 0.331 e. The molecule has 0 spiro atoms. The van der Waals surface area contributed by atoms with Crippen molar-refractivity contribution in [2.24, 2.45) is 0 Å². The number of H-pyrrole nitrogens is 1. The zero-order valence-electron chi connectivity index (χ0n) is 15.6. The molecule has 3 aromatic heterocycles. The van der Waals surface area contributed by atoms with Crippen molar-refractivity contribution in [1.82, 2.24) is 14.4 Å². The monoisotopic (exact) mass is 399 g/mol. The van der Waals surface area contributed by atoms with E-state index in [1.54, 1.807) is 30.5 Å². The van der Waals surface area contributed by atoms with Gasteiger partial charge in [0, 0.05) is 23.5 Å². The Morgan fingerprint density at radius 3 is 2.71 bits per heavy atom. The molecular weight excluding hydrogens is 382 g/mol. The maximum atomic E-state index is 12.3. The Kier molecular flexibility index (Phi) is 5.46. The van der Waals surface area contributed by atoms with Gasteiger partial charge in [0.2, 0.25) is 5.78 Å². The molecule has 28 heavy (non-hydrogen) atoms. The lowest BCUT2D eigenvalue weighted by atomic mass is 10.1. The molecule has 0 bridgehead atoms. The molecule has 0 radical (unpaired) electrons. The Morgan fingerprint density at radius 1 is 1.29 bits per heavy atom. The smallest absolute Gasteiger partial charge is 0.331 e. The number of nitrogens with one attached hydrogen (secondary N) is 1. The van der Waals surface area contributed by atoms with Crippen molar-refractivity contribution in [3.05, 3.63) is 63.8 Å². The van der Waals surface area contributed by atoms with Crippen molar-refractivity contribution in [3.8, 4) is 0 Å². The number of aromatic nitrogens is 3. The summed E-state index contributed by atoms with van der Waals surface area (Å²) < 4.78 is 6.75. The van der Waals surface area contributed by atoms with E-state index in [2.05, 4.69) is 9.97 Å². The van der Waals surface area contributed by atoms with Crippen LogP contribution in [-0.2, 0) is 9.53 Å². The summed E-state index contributed by atoms with van der Waals surface area (Å²) in [6.45, 7) is 4.40. The van der Waals surface area contributed by atoms with E-state index in [1.165, 1.54) is 19.1 Å². The van der Waals surface area contributed by atoms with Crippen LogP contribution in [0.1, 0.15) is 44.7 Å². The molecule has 7 nitrogen and oxygen atoms in total. The molecular formula is C20H18ClN3O4. The van der Waals surface area contributed by atoms with E-state index in [0.29, 0.717) is 28.2 Å². The Balaban J connectivity index is 1.68. The molecule has 0 atom stereocenters. The Labute approximate surface area is 166 Å². The van der Waals surface area contributed by atoms with Gasteiger partial charge in [0.1, 0.15) is 5.65 Å². The first-order chi connectivity index (χ1) is 13.3. The number of imidazole rings is 1. The second-order valence-electron chi connectivity index (χ2n) is 6.26. The van der Waals surface area contributed by atoms with Crippen LogP contribution in [0.15, 0.2) is 30.5 Å². The van der Waals surface area contributed by atoms with Crippen molar-refractivity contribution in [3.63, 3.8) is 0 Å². The third-order valence-electron chi connectivity index (χ3n) is 4.31. The van der Waals surface area contributed by atoms with Crippen LogP contribution in [0.25, 0.3) is 11.7 Å². The first-order valence-electron chi connectivity index (χ1n) is 8.50. The molecule has 0 saturated heterocycles. The molecule has 3 heterocycles. The van der Waals surface area contributed by atoms with Gasteiger partial charge in [0.15, 0.2) is 17.5 Å². The third-order valence-corrected chi connectivity index (χ3v) is 4.59. The number of aryl methyl sites for hydroxylation is 1. The molecule has 0 unspecified atom stereocenters. The van der Waals surface area contributed by atoms with Gasteiger partial charge < -0.3 is 9.72 Å². The third kappa shape index (κ3) is 3.75. The fourth-order valence-electron chi connectivity index (χ4n) is 3.10. The number of hydrogen-bond acceptors (Lipinski definition) is 5. The first kappa shape index (κ1) is 19.6. The quantitative estimate of drug-likeness (QED) is 0.388. The Hall–Kier alpha value is -3.19. The summed E-state index contributed by atoms with van der Waals surface area (Å²) in [5, 5.41) is 0.251. The topological polar surface area (TPSA) is 93.5 Å². The largest absolute Gasteiger partial charge is 0.454 e. The van der Waals surface area contributed by atoms with Gasteiger partial charge in [-0.05, 0) is 44.5 Å². The van der Waals surface area contributed by atoms with Gasteiger partial charge in [0.05, 0.1) is 11.4 Å². The Morgan fingerprint density at radius 2 is 2.04 bits per heavy atom. The number of aromatic amines is 1. The van der Waals surface area contributed by atoms with Gasteiger partial charge in [-0.25, -0.2) is 9.78 Å². The van der Waals surface area contributed by atoms with E-state index in [9.17, 15) is 14.4 Å². The van der Waals surface area contributed by atoms with Crippen LogP contribution < -0.4 is 0 Å².